The topological polar surface area (TPSA) is 62.7 Å². The molecule has 0 aliphatic heterocycles. The van der Waals surface area contributed by atoms with Gasteiger partial charge in [-0.2, -0.15) is 5.26 Å². The van der Waals surface area contributed by atoms with E-state index in [0.29, 0.717) is 11.3 Å². The van der Waals surface area contributed by atoms with Gasteiger partial charge in [0.1, 0.15) is 6.07 Å². The highest BCUT2D eigenvalue weighted by atomic mass is 79.9. The van der Waals surface area contributed by atoms with Crippen molar-refractivity contribution in [1.29, 1.82) is 5.26 Å². The van der Waals surface area contributed by atoms with Crippen molar-refractivity contribution in [2.45, 2.75) is 0 Å². The highest BCUT2D eigenvalue weighted by molar-refractivity contribution is 9.11. The van der Waals surface area contributed by atoms with Crippen molar-refractivity contribution in [3.8, 4) is 6.07 Å². The molecule has 0 spiro atoms. The fraction of sp³-hybridized carbons (Fsp3) is 0. The molecule has 17 heavy (non-hydrogen) atoms. The normalized spacial score (nSPS) is 11.8. The zero-order chi connectivity index (χ0) is 12.3. The van der Waals surface area contributed by atoms with Gasteiger partial charge in [0.15, 0.2) is 0 Å². The Kier molecular flexibility index (Phi) is 3.57. The maximum absolute atomic E-state index is 9.20. The molecule has 0 amide bonds. The number of nitrogens with two attached hydrogens (primary N) is 1. The molecular weight excluding hydrogens is 298 g/mol. The fourth-order valence-corrected chi connectivity index (χ4v) is 2.72. The number of halogens is 1. The molecular formula is C12H8BrN3S. The number of thiophene rings is 1. The second kappa shape index (κ2) is 5.13. The van der Waals surface area contributed by atoms with Gasteiger partial charge in [-0.1, -0.05) is 6.07 Å². The number of nitriles is 1. The molecule has 0 radical (unpaired) electrons. The van der Waals surface area contributed by atoms with Crippen LogP contribution in [0.1, 0.15) is 10.4 Å². The first-order valence-electron chi connectivity index (χ1n) is 4.78. The molecule has 84 valence electrons. The van der Waals surface area contributed by atoms with Gasteiger partial charge in [0, 0.05) is 18.0 Å². The molecule has 0 unspecified atom stereocenters. The number of hydrogen-bond donors (Lipinski definition) is 1. The number of pyridine rings is 1. The average Bonchev–Trinajstić information content (AvgIpc) is 2.78. The van der Waals surface area contributed by atoms with Crippen LogP contribution >= 0.6 is 27.3 Å². The maximum atomic E-state index is 9.20. The largest absolute Gasteiger partial charge is 0.396 e. The fourth-order valence-electron chi connectivity index (χ4n) is 1.37. The van der Waals surface area contributed by atoms with E-state index >= 15 is 0 Å². The molecule has 0 atom stereocenters. The van der Waals surface area contributed by atoms with Crippen molar-refractivity contribution in [3.05, 3.63) is 50.9 Å². The summed E-state index contributed by atoms with van der Waals surface area (Å²) in [6.07, 6.45) is 3.30. The van der Waals surface area contributed by atoms with Crippen LogP contribution in [0.4, 0.5) is 0 Å². The summed E-state index contributed by atoms with van der Waals surface area (Å²) >= 11 is 4.87. The first-order valence-corrected chi connectivity index (χ1v) is 6.39. The van der Waals surface area contributed by atoms with E-state index in [9.17, 15) is 5.26 Å². The Bertz CT molecular complexity index is 596. The second-order valence-electron chi connectivity index (χ2n) is 3.25. The monoisotopic (exact) mass is 305 g/mol. The molecule has 0 saturated carbocycles. The van der Waals surface area contributed by atoms with E-state index in [2.05, 4.69) is 27.0 Å². The minimum atomic E-state index is 0.451. The van der Waals surface area contributed by atoms with Crippen LogP contribution in [0.5, 0.6) is 0 Å². The molecule has 0 fully saturated rings. The Balaban J connectivity index is 2.52. The zero-order valence-corrected chi connectivity index (χ0v) is 11.1. The Morgan fingerprint density at radius 1 is 1.41 bits per heavy atom. The summed E-state index contributed by atoms with van der Waals surface area (Å²) in [5.41, 5.74) is 7.68. The van der Waals surface area contributed by atoms with Gasteiger partial charge in [0.2, 0.25) is 0 Å². The molecule has 3 nitrogen and oxygen atoms in total. The Labute approximate surface area is 111 Å². The lowest BCUT2D eigenvalue weighted by Gasteiger charge is -2.02. The van der Waals surface area contributed by atoms with Gasteiger partial charge in [-0.15, -0.1) is 11.3 Å². The van der Waals surface area contributed by atoms with Crippen LogP contribution in [0.25, 0.3) is 11.3 Å². The van der Waals surface area contributed by atoms with Crippen molar-refractivity contribution in [3.63, 3.8) is 0 Å². The third-order valence-electron chi connectivity index (χ3n) is 2.17. The van der Waals surface area contributed by atoms with Crippen LogP contribution in [0.3, 0.4) is 0 Å². The van der Waals surface area contributed by atoms with Gasteiger partial charge in [-0.05, 0) is 34.1 Å². The number of hydrogen-bond acceptors (Lipinski definition) is 4. The van der Waals surface area contributed by atoms with E-state index in [1.54, 1.807) is 18.5 Å². The number of aromatic nitrogens is 1. The van der Waals surface area contributed by atoms with Crippen LogP contribution in [-0.2, 0) is 0 Å². The molecule has 2 aromatic heterocycles. The lowest BCUT2D eigenvalue weighted by Crippen LogP contribution is -1.98. The van der Waals surface area contributed by atoms with E-state index in [0.717, 1.165) is 14.2 Å². The molecule has 5 heteroatoms. The smallest absolute Gasteiger partial charge is 0.102 e. The van der Waals surface area contributed by atoms with Gasteiger partial charge in [0.25, 0.3) is 0 Å². The molecule has 2 heterocycles. The van der Waals surface area contributed by atoms with Crippen LogP contribution in [0.2, 0.25) is 0 Å². The predicted octanol–water partition coefficient (Wildman–Crippen LogP) is 3.26. The van der Waals surface area contributed by atoms with Gasteiger partial charge < -0.3 is 5.73 Å². The first kappa shape index (κ1) is 11.8. The lowest BCUT2D eigenvalue weighted by atomic mass is 10.1. The molecule has 2 N–H and O–H groups in total. The first-order chi connectivity index (χ1) is 8.22. The van der Waals surface area contributed by atoms with Crippen LogP contribution in [-0.4, -0.2) is 4.98 Å². The van der Waals surface area contributed by atoms with E-state index in [1.165, 1.54) is 11.3 Å². The number of allylic oxidation sites excluding steroid dienone is 1. The SMILES string of the molecule is N#C/C(=C(/N)c1ccc(Br)s1)c1cccnc1. The molecule has 2 aromatic rings. The van der Waals surface area contributed by atoms with Gasteiger partial charge in [0.05, 0.1) is 19.9 Å². The minimum absolute atomic E-state index is 0.451. The van der Waals surface area contributed by atoms with Gasteiger partial charge >= 0.3 is 0 Å². The van der Waals surface area contributed by atoms with E-state index in [4.69, 9.17) is 5.73 Å². The molecule has 2 rings (SSSR count). The minimum Gasteiger partial charge on any atom is -0.396 e. The van der Waals surface area contributed by atoms with Crippen molar-refractivity contribution >= 4 is 38.5 Å². The van der Waals surface area contributed by atoms with Crippen molar-refractivity contribution in [2.75, 3.05) is 0 Å². The van der Waals surface area contributed by atoms with E-state index < -0.39 is 0 Å². The molecule has 0 aliphatic rings. The van der Waals surface area contributed by atoms with Crippen molar-refractivity contribution in [2.24, 2.45) is 5.73 Å². The Morgan fingerprint density at radius 3 is 2.76 bits per heavy atom. The third-order valence-corrected chi connectivity index (χ3v) is 3.83. The van der Waals surface area contributed by atoms with Crippen molar-refractivity contribution in [1.82, 2.24) is 4.98 Å². The summed E-state index contributed by atoms with van der Waals surface area (Å²) < 4.78 is 0.985. The predicted molar refractivity (Wildman–Crippen MR) is 72.9 cm³/mol. The van der Waals surface area contributed by atoms with Crippen molar-refractivity contribution < 1.29 is 0 Å². The number of rotatable bonds is 2. The lowest BCUT2D eigenvalue weighted by molar-refractivity contribution is 1.31. The van der Waals surface area contributed by atoms with Gasteiger partial charge in [-0.3, -0.25) is 4.98 Å². The molecule has 0 saturated heterocycles. The quantitative estimate of drug-likeness (QED) is 0.866. The van der Waals surface area contributed by atoms with Crippen LogP contribution in [0, 0.1) is 11.3 Å². The zero-order valence-electron chi connectivity index (χ0n) is 8.72. The highest BCUT2D eigenvalue weighted by Crippen LogP contribution is 2.29. The van der Waals surface area contributed by atoms with E-state index in [1.807, 2.05) is 18.2 Å². The molecule has 0 aliphatic carbocycles. The standard InChI is InChI=1S/C12H8BrN3S/c13-11-4-3-10(17-11)12(15)9(6-14)8-2-1-5-16-7-8/h1-5,7H,15H2/b12-9-. The molecule has 0 bridgehead atoms. The van der Waals surface area contributed by atoms with E-state index in [-0.39, 0.29) is 0 Å². The Morgan fingerprint density at radius 2 is 2.24 bits per heavy atom. The summed E-state index contributed by atoms with van der Waals surface area (Å²) in [4.78, 5) is 4.86. The van der Waals surface area contributed by atoms with Crippen LogP contribution in [0.15, 0.2) is 40.4 Å². The maximum Gasteiger partial charge on any atom is 0.102 e. The summed E-state index contributed by atoms with van der Waals surface area (Å²) in [5.74, 6) is 0. The summed E-state index contributed by atoms with van der Waals surface area (Å²) in [6.45, 7) is 0. The number of nitrogens with zero attached hydrogens (tertiary/aromatic N) is 2. The second-order valence-corrected chi connectivity index (χ2v) is 5.71. The highest BCUT2D eigenvalue weighted by Gasteiger charge is 2.10. The summed E-state index contributed by atoms with van der Waals surface area (Å²) in [6, 6.07) is 9.53. The average molecular weight is 306 g/mol. The van der Waals surface area contributed by atoms with Gasteiger partial charge in [-0.25, -0.2) is 0 Å². The Hall–Kier alpha value is -1.64. The molecule has 0 aromatic carbocycles. The summed E-state index contributed by atoms with van der Waals surface area (Å²) in [5, 5.41) is 9.20. The van der Waals surface area contributed by atoms with Crippen LogP contribution < -0.4 is 5.73 Å². The third kappa shape index (κ3) is 2.54. The summed E-state index contributed by atoms with van der Waals surface area (Å²) in [7, 11) is 0.